The molecule has 24 heavy (non-hydrogen) atoms. The van der Waals surface area contributed by atoms with Crippen LogP contribution in [0.3, 0.4) is 0 Å². The van der Waals surface area contributed by atoms with Crippen LogP contribution in [0.2, 0.25) is 0 Å². The summed E-state index contributed by atoms with van der Waals surface area (Å²) in [6.07, 6.45) is -0.244. The van der Waals surface area contributed by atoms with Crippen LogP contribution in [0.25, 0.3) is 0 Å². The summed E-state index contributed by atoms with van der Waals surface area (Å²) >= 11 is 3.52. The highest BCUT2D eigenvalue weighted by molar-refractivity contribution is 9.10. The number of carbonyl (C=O) groups excluding carboxylic acids is 1. The zero-order valence-electron chi connectivity index (χ0n) is 13.7. The molecular weight excluding hydrogens is 368 g/mol. The van der Waals surface area contributed by atoms with Crippen LogP contribution in [-0.2, 0) is 11.3 Å². The van der Waals surface area contributed by atoms with E-state index in [2.05, 4.69) is 40.0 Å². The van der Waals surface area contributed by atoms with E-state index in [0.717, 1.165) is 16.6 Å². The van der Waals surface area contributed by atoms with E-state index in [1.54, 1.807) is 4.90 Å². The number of amides is 1. The molecule has 1 fully saturated rings. The summed E-state index contributed by atoms with van der Waals surface area (Å²) in [6.45, 7) is 2.47. The fourth-order valence-corrected chi connectivity index (χ4v) is 3.34. The molecule has 2 aromatic rings. The number of rotatable bonds is 3. The van der Waals surface area contributed by atoms with Gasteiger partial charge in [-0.2, -0.15) is 0 Å². The lowest BCUT2D eigenvalue weighted by Crippen LogP contribution is -2.49. The first-order chi connectivity index (χ1) is 11.6. The van der Waals surface area contributed by atoms with Gasteiger partial charge in [-0.15, -0.1) is 0 Å². The van der Waals surface area contributed by atoms with E-state index in [4.69, 9.17) is 4.74 Å². The Balaban J connectivity index is 1.63. The van der Waals surface area contributed by atoms with Crippen LogP contribution in [0.5, 0.6) is 0 Å². The minimum Gasteiger partial charge on any atom is -0.445 e. The van der Waals surface area contributed by atoms with Crippen molar-refractivity contribution in [1.29, 1.82) is 0 Å². The van der Waals surface area contributed by atoms with Crippen LogP contribution in [0.1, 0.15) is 17.2 Å². The second kappa shape index (κ2) is 7.81. The number of benzene rings is 2. The normalized spacial score (nSPS) is 18.4. The van der Waals surface area contributed by atoms with Gasteiger partial charge in [0.1, 0.15) is 6.61 Å². The maximum absolute atomic E-state index is 12.4. The van der Waals surface area contributed by atoms with Gasteiger partial charge in [-0.3, -0.25) is 4.90 Å². The zero-order valence-corrected chi connectivity index (χ0v) is 15.3. The Bertz CT molecular complexity index is 693. The highest BCUT2D eigenvalue weighted by Crippen LogP contribution is 2.26. The van der Waals surface area contributed by atoms with Gasteiger partial charge in [0.25, 0.3) is 0 Å². The molecule has 5 heteroatoms. The van der Waals surface area contributed by atoms with Gasteiger partial charge in [0.05, 0.1) is 6.04 Å². The van der Waals surface area contributed by atoms with Crippen molar-refractivity contribution in [2.75, 3.05) is 26.7 Å². The fraction of sp³-hybridized carbons (Fsp3) is 0.316. The quantitative estimate of drug-likeness (QED) is 0.793. The van der Waals surface area contributed by atoms with E-state index < -0.39 is 0 Å². The van der Waals surface area contributed by atoms with E-state index in [0.29, 0.717) is 19.7 Å². The van der Waals surface area contributed by atoms with Crippen molar-refractivity contribution >= 4 is 22.0 Å². The summed E-state index contributed by atoms with van der Waals surface area (Å²) in [6, 6.07) is 18.2. The van der Waals surface area contributed by atoms with Gasteiger partial charge >= 0.3 is 6.09 Å². The van der Waals surface area contributed by atoms with E-state index in [1.807, 2.05) is 42.5 Å². The smallest absolute Gasteiger partial charge is 0.410 e. The number of halogens is 1. The van der Waals surface area contributed by atoms with Crippen LogP contribution >= 0.6 is 15.9 Å². The second-order valence-corrected chi connectivity index (χ2v) is 6.95. The fourth-order valence-electron chi connectivity index (χ4n) is 2.92. The minimum atomic E-state index is -0.244. The molecule has 0 spiro atoms. The minimum absolute atomic E-state index is 0.181. The molecule has 1 amide bonds. The Morgan fingerprint density at radius 1 is 1.17 bits per heavy atom. The molecule has 1 atom stereocenters. The third-order valence-corrected chi connectivity index (χ3v) is 4.84. The van der Waals surface area contributed by atoms with Crippen molar-refractivity contribution in [3.63, 3.8) is 0 Å². The molecule has 0 saturated carbocycles. The molecule has 4 nitrogen and oxygen atoms in total. The van der Waals surface area contributed by atoms with Gasteiger partial charge in [0.15, 0.2) is 0 Å². The molecule has 0 aliphatic carbocycles. The highest BCUT2D eigenvalue weighted by atomic mass is 79.9. The lowest BCUT2D eigenvalue weighted by molar-refractivity contribution is 0.0564. The van der Waals surface area contributed by atoms with Crippen molar-refractivity contribution in [3.05, 3.63) is 70.2 Å². The summed E-state index contributed by atoms with van der Waals surface area (Å²) in [5.74, 6) is 0. The second-order valence-electron chi connectivity index (χ2n) is 6.04. The van der Waals surface area contributed by atoms with E-state index in [-0.39, 0.29) is 12.1 Å². The molecule has 0 aromatic heterocycles. The van der Waals surface area contributed by atoms with Crippen molar-refractivity contribution in [2.24, 2.45) is 0 Å². The molecule has 1 heterocycles. The number of ether oxygens (including phenoxy) is 1. The van der Waals surface area contributed by atoms with Gasteiger partial charge in [0, 0.05) is 24.1 Å². The Morgan fingerprint density at radius 2 is 1.96 bits per heavy atom. The lowest BCUT2D eigenvalue weighted by Gasteiger charge is -2.39. The average Bonchev–Trinajstić information content (AvgIpc) is 2.61. The maximum Gasteiger partial charge on any atom is 0.410 e. The first kappa shape index (κ1) is 17.0. The Kier molecular flexibility index (Phi) is 5.53. The number of piperazine rings is 1. The van der Waals surface area contributed by atoms with Gasteiger partial charge in [-0.25, -0.2) is 4.79 Å². The van der Waals surface area contributed by atoms with E-state index in [9.17, 15) is 4.79 Å². The van der Waals surface area contributed by atoms with Crippen molar-refractivity contribution < 1.29 is 9.53 Å². The first-order valence-electron chi connectivity index (χ1n) is 8.05. The molecule has 1 aliphatic rings. The van der Waals surface area contributed by atoms with Gasteiger partial charge in [0.2, 0.25) is 0 Å². The third kappa shape index (κ3) is 4.16. The SMILES string of the molecule is CN1CCN(C(=O)OCc2ccccc2)CC1c1cccc(Br)c1. The Labute approximate surface area is 151 Å². The molecule has 1 aliphatic heterocycles. The summed E-state index contributed by atoms with van der Waals surface area (Å²) < 4.78 is 6.52. The van der Waals surface area contributed by atoms with Crippen molar-refractivity contribution in [1.82, 2.24) is 9.80 Å². The van der Waals surface area contributed by atoms with Gasteiger partial charge in [-0.1, -0.05) is 58.4 Å². The molecule has 1 unspecified atom stereocenters. The first-order valence-corrected chi connectivity index (χ1v) is 8.84. The number of carbonyl (C=O) groups is 1. The number of nitrogens with zero attached hydrogens (tertiary/aromatic N) is 2. The van der Waals surface area contributed by atoms with Crippen LogP contribution in [0.15, 0.2) is 59.1 Å². The summed E-state index contributed by atoms with van der Waals surface area (Å²) in [5, 5.41) is 0. The summed E-state index contributed by atoms with van der Waals surface area (Å²) in [4.78, 5) is 16.5. The summed E-state index contributed by atoms with van der Waals surface area (Å²) in [7, 11) is 2.10. The number of hydrogen-bond donors (Lipinski definition) is 0. The van der Waals surface area contributed by atoms with Crippen molar-refractivity contribution in [2.45, 2.75) is 12.6 Å². The monoisotopic (exact) mass is 388 g/mol. The third-order valence-electron chi connectivity index (χ3n) is 4.34. The standard InChI is InChI=1S/C19H21BrN2O2/c1-21-10-11-22(13-18(21)16-8-5-9-17(20)12-16)19(23)24-14-15-6-3-2-4-7-15/h2-9,12,18H,10-11,13-14H2,1H3. The van der Waals surface area contributed by atoms with Crippen LogP contribution < -0.4 is 0 Å². The topological polar surface area (TPSA) is 32.8 Å². The average molecular weight is 389 g/mol. The molecule has 1 saturated heterocycles. The summed E-state index contributed by atoms with van der Waals surface area (Å²) in [5.41, 5.74) is 2.20. The Hall–Kier alpha value is -1.85. The predicted octanol–water partition coefficient (Wildman–Crippen LogP) is 4.07. The largest absolute Gasteiger partial charge is 0.445 e. The lowest BCUT2D eigenvalue weighted by atomic mass is 10.0. The maximum atomic E-state index is 12.4. The highest BCUT2D eigenvalue weighted by Gasteiger charge is 2.29. The van der Waals surface area contributed by atoms with E-state index >= 15 is 0 Å². The molecule has 2 aromatic carbocycles. The molecule has 3 rings (SSSR count). The zero-order chi connectivity index (χ0) is 16.9. The Morgan fingerprint density at radius 3 is 2.71 bits per heavy atom. The van der Waals surface area contributed by atoms with E-state index in [1.165, 1.54) is 5.56 Å². The predicted molar refractivity (Wildman–Crippen MR) is 97.7 cm³/mol. The van der Waals surface area contributed by atoms with Crippen LogP contribution in [-0.4, -0.2) is 42.6 Å². The molecule has 0 radical (unpaired) electrons. The van der Waals surface area contributed by atoms with Crippen LogP contribution in [0.4, 0.5) is 4.79 Å². The van der Waals surface area contributed by atoms with Crippen LogP contribution in [0, 0.1) is 0 Å². The number of hydrogen-bond acceptors (Lipinski definition) is 3. The molecule has 126 valence electrons. The molecular formula is C19H21BrN2O2. The van der Waals surface area contributed by atoms with Gasteiger partial charge in [-0.05, 0) is 30.3 Å². The molecule has 0 N–H and O–H groups in total. The van der Waals surface area contributed by atoms with Crippen molar-refractivity contribution in [3.8, 4) is 0 Å². The molecule has 0 bridgehead atoms. The number of likely N-dealkylation sites (N-methyl/N-ethyl adjacent to an activating group) is 1. The van der Waals surface area contributed by atoms with Gasteiger partial charge < -0.3 is 9.64 Å².